The van der Waals surface area contributed by atoms with E-state index in [0.29, 0.717) is 12.2 Å². The van der Waals surface area contributed by atoms with Gasteiger partial charge in [0.1, 0.15) is 0 Å². The lowest BCUT2D eigenvalue weighted by atomic mass is 9.99. The van der Waals surface area contributed by atoms with Crippen molar-refractivity contribution in [3.05, 3.63) is 52.8 Å². The van der Waals surface area contributed by atoms with Crippen molar-refractivity contribution < 1.29 is 9.90 Å². The molecule has 1 aromatic carbocycles. The summed E-state index contributed by atoms with van der Waals surface area (Å²) in [5.41, 5.74) is 3.84. The van der Waals surface area contributed by atoms with Gasteiger partial charge in [-0.1, -0.05) is 24.3 Å². The largest absolute Gasteiger partial charge is 0.477 e. The monoisotopic (exact) mass is 299 g/mol. The van der Waals surface area contributed by atoms with Crippen molar-refractivity contribution in [3.63, 3.8) is 0 Å². The molecule has 1 N–H and O–H groups in total. The van der Waals surface area contributed by atoms with Gasteiger partial charge in [-0.25, -0.2) is 4.79 Å². The maximum Gasteiger partial charge on any atom is 0.354 e. The summed E-state index contributed by atoms with van der Waals surface area (Å²) in [6.45, 7) is 6.33. The van der Waals surface area contributed by atoms with Crippen LogP contribution in [-0.4, -0.2) is 32.3 Å². The average Bonchev–Trinajstić information content (AvgIpc) is 2.91. The van der Waals surface area contributed by atoms with Gasteiger partial charge in [0, 0.05) is 31.2 Å². The molecule has 0 atom stereocenters. The van der Waals surface area contributed by atoms with E-state index in [1.165, 1.54) is 11.1 Å². The summed E-state index contributed by atoms with van der Waals surface area (Å²) in [4.78, 5) is 13.9. The predicted molar refractivity (Wildman–Crippen MR) is 83.8 cm³/mol. The third kappa shape index (κ3) is 2.76. The number of benzene rings is 1. The van der Waals surface area contributed by atoms with Gasteiger partial charge in [-0.2, -0.15) is 5.10 Å². The fraction of sp³-hybridized carbons (Fsp3) is 0.412. The molecule has 0 spiro atoms. The zero-order valence-electron chi connectivity index (χ0n) is 13.0. The number of hydrogen-bond acceptors (Lipinski definition) is 3. The van der Waals surface area contributed by atoms with Crippen LogP contribution in [0.2, 0.25) is 0 Å². The van der Waals surface area contributed by atoms with Crippen LogP contribution in [0.15, 0.2) is 30.5 Å². The van der Waals surface area contributed by atoms with Gasteiger partial charge in [-0.15, -0.1) is 0 Å². The highest BCUT2D eigenvalue weighted by atomic mass is 16.4. The molecule has 116 valence electrons. The standard InChI is InChI=1S/C17H21N3O2/c1-12(2)20-16(17(21)22)15(9-18-20)11-19-8-7-13-5-3-4-6-14(13)10-19/h3-6,9,12H,7-8,10-11H2,1-2H3,(H,21,22). The minimum absolute atomic E-state index is 0.0435. The summed E-state index contributed by atoms with van der Waals surface area (Å²) in [6, 6.07) is 8.50. The molecule has 5 nitrogen and oxygen atoms in total. The molecular formula is C17H21N3O2. The number of nitrogens with zero attached hydrogens (tertiary/aromatic N) is 3. The Hall–Kier alpha value is -2.14. The molecule has 1 aliphatic rings. The van der Waals surface area contributed by atoms with Gasteiger partial charge in [-0.05, 0) is 31.4 Å². The number of carbonyl (C=O) groups is 1. The highest BCUT2D eigenvalue weighted by Gasteiger charge is 2.23. The second kappa shape index (κ2) is 5.93. The van der Waals surface area contributed by atoms with Gasteiger partial charge in [0.25, 0.3) is 0 Å². The predicted octanol–water partition coefficient (Wildman–Crippen LogP) is 2.72. The molecule has 2 heterocycles. The van der Waals surface area contributed by atoms with Crippen molar-refractivity contribution >= 4 is 5.97 Å². The van der Waals surface area contributed by atoms with Crippen molar-refractivity contribution in [2.75, 3.05) is 6.54 Å². The first-order chi connectivity index (χ1) is 10.6. The van der Waals surface area contributed by atoms with Crippen LogP contribution in [0.1, 0.15) is 47.1 Å². The molecule has 0 unspecified atom stereocenters. The Morgan fingerprint density at radius 2 is 2.05 bits per heavy atom. The molecule has 1 aromatic heterocycles. The SMILES string of the molecule is CC(C)n1ncc(CN2CCc3ccccc3C2)c1C(=O)O. The second-order valence-electron chi connectivity index (χ2n) is 6.09. The number of hydrogen-bond donors (Lipinski definition) is 1. The normalized spacial score (nSPS) is 15.0. The molecule has 0 bridgehead atoms. The zero-order chi connectivity index (χ0) is 15.7. The van der Waals surface area contributed by atoms with Crippen LogP contribution in [0.5, 0.6) is 0 Å². The van der Waals surface area contributed by atoms with E-state index in [1.807, 2.05) is 13.8 Å². The highest BCUT2D eigenvalue weighted by molar-refractivity contribution is 5.87. The van der Waals surface area contributed by atoms with Gasteiger partial charge in [0.2, 0.25) is 0 Å². The van der Waals surface area contributed by atoms with Crippen molar-refractivity contribution in [2.45, 2.75) is 39.4 Å². The quantitative estimate of drug-likeness (QED) is 0.943. The Balaban J connectivity index is 1.81. The Labute approximate surface area is 130 Å². The van der Waals surface area contributed by atoms with Crippen LogP contribution in [0.4, 0.5) is 0 Å². The van der Waals surface area contributed by atoms with E-state index in [9.17, 15) is 9.90 Å². The number of aromatic carboxylic acids is 1. The Morgan fingerprint density at radius 1 is 1.32 bits per heavy atom. The minimum atomic E-state index is -0.904. The number of rotatable bonds is 4. The number of carboxylic acids is 1. The van der Waals surface area contributed by atoms with Gasteiger partial charge in [-0.3, -0.25) is 9.58 Å². The van der Waals surface area contributed by atoms with Crippen molar-refractivity contribution in [1.29, 1.82) is 0 Å². The van der Waals surface area contributed by atoms with Gasteiger partial charge >= 0.3 is 5.97 Å². The molecule has 0 saturated carbocycles. The van der Waals surface area contributed by atoms with E-state index < -0.39 is 5.97 Å². The van der Waals surface area contributed by atoms with Gasteiger partial charge < -0.3 is 5.11 Å². The minimum Gasteiger partial charge on any atom is -0.477 e. The van der Waals surface area contributed by atoms with Crippen LogP contribution < -0.4 is 0 Å². The lowest BCUT2D eigenvalue weighted by molar-refractivity contribution is 0.0678. The molecule has 2 aromatic rings. The van der Waals surface area contributed by atoms with E-state index in [4.69, 9.17) is 0 Å². The molecule has 3 rings (SSSR count). The Kier molecular flexibility index (Phi) is 3.98. The topological polar surface area (TPSA) is 58.4 Å². The van der Waals surface area contributed by atoms with E-state index in [0.717, 1.165) is 25.1 Å². The molecule has 0 saturated heterocycles. The van der Waals surface area contributed by atoms with Gasteiger partial charge in [0.05, 0.1) is 6.20 Å². The first kappa shape index (κ1) is 14.8. The molecule has 22 heavy (non-hydrogen) atoms. The zero-order valence-corrected chi connectivity index (χ0v) is 13.0. The van der Waals surface area contributed by atoms with E-state index >= 15 is 0 Å². The maximum atomic E-state index is 11.6. The lowest BCUT2D eigenvalue weighted by Crippen LogP contribution is -2.30. The van der Waals surface area contributed by atoms with E-state index in [-0.39, 0.29) is 6.04 Å². The molecule has 1 aliphatic heterocycles. The fourth-order valence-corrected chi connectivity index (χ4v) is 3.07. The van der Waals surface area contributed by atoms with Crippen LogP contribution >= 0.6 is 0 Å². The molecule has 5 heteroatoms. The Morgan fingerprint density at radius 3 is 2.73 bits per heavy atom. The van der Waals surface area contributed by atoms with Crippen LogP contribution in [0.3, 0.4) is 0 Å². The van der Waals surface area contributed by atoms with Crippen molar-refractivity contribution in [2.24, 2.45) is 0 Å². The highest BCUT2D eigenvalue weighted by Crippen LogP contribution is 2.22. The summed E-state index contributed by atoms with van der Waals surface area (Å²) in [5.74, 6) is -0.904. The third-order valence-corrected chi connectivity index (χ3v) is 4.17. The van der Waals surface area contributed by atoms with Crippen molar-refractivity contribution in [3.8, 4) is 0 Å². The summed E-state index contributed by atoms with van der Waals surface area (Å²) < 4.78 is 1.59. The fourth-order valence-electron chi connectivity index (χ4n) is 3.07. The molecular weight excluding hydrogens is 278 g/mol. The van der Waals surface area contributed by atoms with Crippen molar-refractivity contribution in [1.82, 2.24) is 14.7 Å². The molecule has 0 fully saturated rings. The van der Waals surface area contributed by atoms with Crippen LogP contribution in [-0.2, 0) is 19.5 Å². The number of aromatic nitrogens is 2. The first-order valence-corrected chi connectivity index (χ1v) is 7.65. The first-order valence-electron chi connectivity index (χ1n) is 7.65. The van der Waals surface area contributed by atoms with E-state index in [2.05, 4.69) is 34.3 Å². The Bertz CT molecular complexity index is 691. The molecule has 0 radical (unpaired) electrons. The van der Waals surface area contributed by atoms with Gasteiger partial charge in [0.15, 0.2) is 5.69 Å². The average molecular weight is 299 g/mol. The second-order valence-corrected chi connectivity index (χ2v) is 6.09. The van der Waals surface area contributed by atoms with Crippen LogP contribution in [0, 0.1) is 0 Å². The summed E-state index contributed by atoms with van der Waals surface area (Å²) >= 11 is 0. The van der Waals surface area contributed by atoms with E-state index in [1.54, 1.807) is 10.9 Å². The number of fused-ring (bicyclic) bond motifs is 1. The van der Waals surface area contributed by atoms with Crippen LogP contribution in [0.25, 0.3) is 0 Å². The summed E-state index contributed by atoms with van der Waals surface area (Å²) in [5, 5.41) is 13.7. The third-order valence-electron chi connectivity index (χ3n) is 4.17. The molecule has 0 amide bonds. The maximum absolute atomic E-state index is 11.6. The smallest absolute Gasteiger partial charge is 0.354 e. The summed E-state index contributed by atoms with van der Waals surface area (Å²) in [7, 11) is 0. The molecule has 0 aliphatic carbocycles. The lowest BCUT2D eigenvalue weighted by Gasteiger charge is -2.28. The summed E-state index contributed by atoms with van der Waals surface area (Å²) in [6.07, 6.45) is 2.71. The number of carboxylic acid groups (broad SMARTS) is 1.